The van der Waals surface area contributed by atoms with E-state index in [9.17, 15) is 8.78 Å². The highest BCUT2D eigenvalue weighted by molar-refractivity contribution is 14.0. The number of ether oxygens (including phenoxy) is 2. The van der Waals surface area contributed by atoms with Gasteiger partial charge < -0.3 is 20.5 Å². The van der Waals surface area contributed by atoms with Crippen molar-refractivity contribution in [1.82, 2.24) is 0 Å². The average molecular weight is 503 g/mol. The molecule has 0 saturated carbocycles. The molecule has 28 heavy (non-hydrogen) atoms. The van der Waals surface area contributed by atoms with Crippen molar-refractivity contribution in [1.29, 1.82) is 0 Å². The maximum Gasteiger partial charge on any atom is 0.387 e. The zero-order valence-corrected chi connectivity index (χ0v) is 17.9. The Labute approximate surface area is 180 Å². The lowest BCUT2D eigenvalue weighted by molar-refractivity contribution is -0.0514. The summed E-state index contributed by atoms with van der Waals surface area (Å²) in [6.07, 6.45) is 3.41. The molecule has 0 spiro atoms. The number of anilines is 1. The van der Waals surface area contributed by atoms with Crippen molar-refractivity contribution in [2.24, 2.45) is 10.7 Å². The molecule has 0 atom stereocenters. The molecule has 3 N–H and O–H groups in total. The van der Waals surface area contributed by atoms with Crippen LogP contribution < -0.4 is 20.5 Å². The second-order valence-corrected chi connectivity index (χ2v) is 6.26. The third-order valence-corrected chi connectivity index (χ3v) is 4.33. The van der Waals surface area contributed by atoms with E-state index in [0.717, 1.165) is 24.1 Å². The summed E-state index contributed by atoms with van der Waals surface area (Å²) >= 11 is 0. The number of hydrogen-bond acceptors (Lipinski definition) is 3. The zero-order chi connectivity index (χ0) is 19.2. The van der Waals surface area contributed by atoms with Gasteiger partial charge in [0, 0.05) is 5.69 Å². The molecule has 8 heteroatoms. The van der Waals surface area contributed by atoms with Crippen molar-refractivity contribution in [2.45, 2.75) is 39.3 Å². The lowest BCUT2D eigenvalue weighted by Crippen LogP contribution is -2.22. The van der Waals surface area contributed by atoms with Crippen LogP contribution in [0, 0.1) is 0 Å². The second-order valence-electron chi connectivity index (χ2n) is 6.26. The largest absolute Gasteiger partial charge is 0.490 e. The van der Waals surface area contributed by atoms with Crippen LogP contribution >= 0.6 is 24.0 Å². The number of fused-ring (bicyclic) bond motifs is 1. The number of aryl methyl sites for hydroxylation is 2. The van der Waals surface area contributed by atoms with Crippen LogP contribution in [0.3, 0.4) is 0 Å². The van der Waals surface area contributed by atoms with Gasteiger partial charge in [0.05, 0.1) is 13.2 Å². The summed E-state index contributed by atoms with van der Waals surface area (Å²) in [5.41, 5.74) is 10.4. The number of guanidine groups is 1. The minimum Gasteiger partial charge on any atom is -0.490 e. The fourth-order valence-corrected chi connectivity index (χ4v) is 3.13. The fraction of sp³-hybridized carbons (Fsp3) is 0.350. The van der Waals surface area contributed by atoms with Crippen LogP contribution in [0.25, 0.3) is 0 Å². The smallest absolute Gasteiger partial charge is 0.387 e. The van der Waals surface area contributed by atoms with Crippen LogP contribution in [0.1, 0.15) is 30.0 Å². The van der Waals surface area contributed by atoms with Crippen LogP contribution in [-0.4, -0.2) is 19.2 Å². The van der Waals surface area contributed by atoms with E-state index >= 15 is 0 Å². The molecular formula is C20H24F2IN3O2. The highest BCUT2D eigenvalue weighted by atomic mass is 127. The van der Waals surface area contributed by atoms with Crippen molar-refractivity contribution in [3.8, 4) is 11.5 Å². The van der Waals surface area contributed by atoms with Crippen LogP contribution in [0.5, 0.6) is 11.5 Å². The maximum absolute atomic E-state index is 12.5. The number of hydrogen-bond donors (Lipinski definition) is 2. The van der Waals surface area contributed by atoms with Gasteiger partial charge in [-0.3, -0.25) is 0 Å². The van der Waals surface area contributed by atoms with Crippen molar-refractivity contribution < 1.29 is 18.3 Å². The number of alkyl halides is 2. The lowest BCUT2D eigenvalue weighted by Gasteiger charge is -2.12. The van der Waals surface area contributed by atoms with E-state index < -0.39 is 6.61 Å². The Morgan fingerprint density at radius 3 is 2.68 bits per heavy atom. The quantitative estimate of drug-likeness (QED) is 0.326. The first-order chi connectivity index (χ1) is 13.0. The molecule has 0 aliphatic heterocycles. The summed E-state index contributed by atoms with van der Waals surface area (Å²) in [5.74, 6) is 0.554. The van der Waals surface area contributed by atoms with Gasteiger partial charge in [0.15, 0.2) is 17.5 Å². The van der Waals surface area contributed by atoms with Crippen LogP contribution in [0.4, 0.5) is 14.5 Å². The van der Waals surface area contributed by atoms with Gasteiger partial charge in [0.25, 0.3) is 0 Å². The molecule has 0 aromatic heterocycles. The van der Waals surface area contributed by atoms with Gasteiger partial charge in [-0.15, -0.1) is 24.0 Å². The molecule has 1 aliphatic rings. The zero-order valence-electron chi connectivity index (χ0n) is 15.6. The molecule has 0 heterocycles. The van der Waals surface area contributed by atoms with Gasteiger partial charge in [0.1, 0.15) is 0 Å². The number of aliphatic imine (C=N–C) groups is 1. The molecule has 0 saturated heterocycles. The number of rotatable bonds is 7. The van der Waals surface area contributed by atoms with E-state index in [2.05, 4.69) is 27.2 Å². The number of nitrogens with zero attached hydrogens (tertiary/aromatic N) is 1. The van der Waals surface area contributed by atoms with Crippen molar-refractivity contribution in [2.75, 3.05) is 11.9 Å². The molecule has 1 aliphatic carbocycles. The second kappa shape index (κ2) is 10.4. The first-order valence-electron chi connectivity index (χ1n) is 8.94. The summed E-state index contributed by atoms with van der Waals surface area (Å²) < 4.78 is 34.8. The van der Waals surface area contributed by atoms with E-state index in [0.29, 0.717) is 19.1 Å². The lowest BCUT2D eigenvalue weighted by atomic mass is 10.1. The van der Waals surface area contributed by atoms with Crippen LogP contribution in [-0.2, 0) is 19.4 Å². The molecule has 3 rings (SSSR count). The summed E-state index contributed by atoms with van der Waals surface area (Å²) in [4.78, 5) is 4.31. The van der Waals surface area contributed by atoms with Gasteiger partial charge in [-0.25, -0.2) is 4.99 Å². The van der Waals surface area contributed by atoms with Crippen molar-refractivity contribution in [3.05, 3.63) is 53.1 Å². The van der Waals surface area contributed by atoms with Crippen LogP contribution in [0.15, 0.2) is 41.4 Å². The monoisotopic (exact) mass is 503 g/mol. The van der Waals surface area contributed by atoms with E-state index in [1.54, 1.807) is 19.1 Å². The molecule has 0 fully saturated rings. The Bertz CT molecular complexity index is 831. The number of nitrogens with two attached hydrogens (primary N) is 1. The summed E-state index contributed by atoms with van der Waals surface area (Å²) in [6, 6.07) is 11.0. The first kappa shape index (κ1) is 22.2. The number of nitrogens with one attached hydrogen (secondary N) is 1. The topological polar surface area (TPSA) is 68.9 Å². The van der Waals surface area contributed by atoms with Crippen molar-refractivity contribution in [3.63, 3.8) is 0 Å². The Kier molecular flexibility index (Phi) is 8.28. The van der Waals surface area contributed by atoms with Gasteiger partial charge >= 0.3 is 6.61 Å². The minimum atomic E-state index is -2.90. The predicted octanol–water partition coefficient (Wildman–Crippen LogP) is 4.72. The highest BCUT2D eigenvalue weighted by Gasteiger charge is 2.12. The standard InChI is InChI=1S/C20H23F2N3O2.HI/c1-2-26-18-10-13(6-9-17(18)27-19(21)22)12-24-20(23)25-16-8-7-14-4-3-5-15(14)11-16;/h6-11,19H,2-5,12H2,1H3,(H3,23,24,25);1H. The fourth-order valence-electron chi connectivity index (χ4n) is 3.13. The highest BCUT2D eigenvalue weighted by Crippen LogP contribution is 2.30. The summed E-state index contributed by atoms with van der Waals surface area (Å²) in [6.45, 7) is -0.497. The van der Waals surface area contributed by atoms with E-state index in [1.807, 2.05) is 6.07 Å². The molecule has 0 unspecified atom stereocenters. The summed E-state index contributed by atoms with van der Waals surface area (Å²) in [7, 11) is 0. The Hall–Kier alpha value is -2.10. The molecule has 152 valence electrons. The predicted molar refractivity (Wildman–Crippen MR) is 117 cm³/mol. The Morgan fingerprint density at radius 2 is 1.93 bits per heavy atom. The Balaban J connectivity index is 0.00000280. The van der Waals surface area contributed by atoms with Crippen LogP contribution in [0.2, 0.25) is 0 Å². The van der Waals surface area contributed by atoms with E-state index in [-0.39, 0.29) is 35.5 Å². The SMILES string of the molecule is CCOc1cc(CN=C(N)Nc2ccc3c(c2)CCC3)ccc1OC(F)F.I. The molecule has 2 aromatic carbocycles. The molecule has 0 amide bonds. The van der Waals surface area contributed by atoms with Crippen molar-refractivity contribution >= 4 is 35.6 Å². The van der Waals surface area contributed by atoms with Gasteiger partial charge in [0.2, 0.25) is 0 Å². The van der Waals surface area contributed by atoms with Gasteiger partial charge in [-0.05, 0) is 67.1 Å². The molecule has 0 bridgehead atoms. The van der Waals surface area contributed by atoms with E-state index in [1.165, 1.54) is 23.6 Å². The Morgan fingerprint density at radius 1 is 1.14 bits per heavy atom. The third-order valence-electron chi connectivity index (χ3n) is 4.33. The maximum atomic E-state index is 12.5. The average Bonchev–Trinajstić information content (AvgIpc) is 3.09. The number of benzene rings is 2. The van der Waals surface area contributed by atoms with Gasteiger partial charge in [-0.2, -0.15) is 8.78 Å². The number of halogens is 3. The third kappa shape index (κ3) is 5.95. The molecule has 5 nitrogen and oxygen atoms in total. The normalized spacial score (nSPS) is 13.1. The van der Waals surface area contributed by atoms with E-state index in [4.69, 9.17) is 10.5 Å². The molecule has 2 aromatic rings. The minimum absolute atomic E-state index is 0. The molecule has 0 radical (unpaired) electrons. The summed E-state index contributed by atoms with van der Waals surface area (Å²) in [5, 5.41) is 3.09. The van der Waals surface area contributed by atoms with Gasteiger partial charge in [-0.1, -0.05) is 12.1 Å². The molecular weight excluding hydrogens is 479 g/mol. The first-order valence-corrected chi connectivity index (χ1v) is 8.94.